The number of pyridine rings is 2. The molecule has 0 spiro atoms. The van der Waals surface area contributed by atoms with Crippen molar-refractivity contribution in [3.63, 3.8) is 0 Å². The smallest absolute Gasteiger partial charge is 0.307 e. The summed E-state index contributed by atoms with van der Waals surface area (Å²) in [6, 6.07) is 9.98. The number of benzene rings is 1. The maximum Gasteiger partial charge on any atom is 0.307 e. The Hall–Kier alpha value is -3.74. The van der Waals surface area contributed by atoms with Gasteiger partial charge >= 0.3 is 5.97 Å². The molecule has 190 valence electrons. The molecule has 0 saturated heterocycles. The van der Waals surface area contributed by atoms with E-state index in [2.05, 4.69) is 10.3 Å². The van der Waals surface area contributed by atoms with Crippen LogP contribution in [0.1, 0.15) is 61.0 Å². The van der Waals surface area contributed by atoms with Gasteiger partial charge in [-0.05, 0) is 66.6 Å². The molecule has 1 N–H and O–H groups in total. The zero-order chi connectivity index (χ0) is 26.4. The lowest BCUT2D eigenvalue weighted by Gasteiger charge is -2.27. The number of amides is 1. The average Bonchev–Trinajstić information content (AvgIpc) is 2.85. The van der Waals surface area contributed by atoms with Crippen molar-refractivity contribution >= 4 is 11.9 Å². The van der Waals surface area contributed by atoms with E-state index in [9.17, 15) is 14.4 Å². The number of nitrogens with one attached hydrogen (secondary N) is 1. The second-order valence-corrected chi connectivity index (χ2v) is 9.40. The maximum absolute atomic E-state index is 13.7. The molecule has 0 aliphatic rings. The molecule has 1 amide bonds. The number of hydrogen-bond acceptors (Lipinski definition) is 5. The van der Waals surface area contributed by atoms with Crippen LogP contribution in [0.25, 0.3) is 11.1 Å². The van der Waals surface area contributed by atoms with Gasteiger partial charge in [0.1, 0.15) is 6.04 Å². The Labute approximate surface area is 212 Å². The summed E-state index contributed by atoms with van der Waals surface area (Å²) in [5.41, 5.74) is 5.47. The SMILES string of the molecule is CC[C@@H](C)C(C(=O)N[C@@H](CC(=O)OC)c1cncc(-c2c(C)cccc2C)c1)n1ccc(C)cc1=O. The summed E-state index contributed by atoms with van der Waals surface area (Å²) in [7, 11) is 1.32. The molecule has 2 aromatic heterocycles. The van der Waals surface area contributed by atoms with Crippen LogP contribution in [0.4, 0.5) is 0 Å². The van der Waals surface area contributed by atoms with Crippen molar-refractivity contribution in [1.82, 2.24) is 14.9 Å². The molecule has 0 bridgehead atoms. The van der Waals surface area contributed by atoms with Crippen LogP contribution in [0, 0.1) is 26.7 Å². The zero-order valence-corrected chi connectivity index (χ0v) is 21.9. The van der Waals surface area contributed by atoms with Crippen molar-refractivity contribution in [2.45, 2.75) is 59.5 Å². The fraction of sp³-hybridized carbons (Fsp3) is 0.379. The van der Waals surface area contributed by atoms with Gasteiger partial charge in [0, 0.05) is 30.2 Å². The van der Waals surface area contributed by atoms with E-state index in [4.69, 9.17) is 4.74 Å². The Morgan fingerprint density at radius 3 is 2.39 bits per heavy atom. The second kappa shape index (κ2) is 11.8. The minimum Gasteiger partial charge on any atom is -0.469 e. The van der Waals surface area contributed by atoms with E-state index in [0.29, 0.717) is 12.0 Å². The normalized spacial score (nSPS) is 13.5. The van der Waals surface area contributed by atoms with Gasteiger partial charge in [0.05, 0.1) is 19.6 Å². The van der Waals surface area contributed by atoms with Crippen molar-refractivity contribution in [1.29, 1.82) is 0 Å². The fourth-order valence-electron chi connectivity index (χ4n) is 4.51. The molecule has 1 aromatic carbocycles. The molecule has 1 unspecified atom stereocenters. The Morgan fingerprint density at radius 1 is 1.08 bits per heavy atom. The molecule has 2 heterocycles. The van der Waals surface area contributed by atoms with Crippen LogP contribution in [-0.2, 0) is 14.3 Å². The third-order valence-electron chi connectivity index (χ3n) is 6.70. The second-order valence-electron chi connectivity index (χ2n) is 9.40. The number of rotatable bonds is 9. The van der Waals surface area contributed by atoms with Gasteiger partial charge in [-0.15, -0.1) is 0 Å². The number of hydrogen-bond donors (Lipinski definition) is 1. The molecule has 7 heteroatoms. The minimum atomic E-state index is -0.724. The third kappa shape index (κ3) is 6.08. The summed E-state index contributed by atoms with van der Waals surface area (Å²) in [6.07, 6.45) is 5.73. The lowest BCUT2D eigenvalue weighted by atomic mass is 9.94. The van der Waals surface area contributed by atoms with E-state index < -0.39 is 18.1 Å². The number of aryl methyl sites for hydroxylation is 3. The summed E-state index contributed by atoms with van der Waals surface area (Å²) < 4.78 is 6.39. The molecule has 3 rings (SSSR count). The van der Waals surface area contributed by atoms with Crippen molar-refractivity contribution in [3.05, 3.63) is 87.6 Å². The van der Waals surface area contributed by atoms with E-state index in [0.717, 1.165) is 27.8 Å². The average molecular weight is 490 g/mol. The van der Waals surface area contributed by atoms with Gasteiger partial charge in [0.15, 0.2) is 0 Å². The summed E-state index contributed by atoms with van der Waals surface area (Å²) in [6.45, 7) is 9.84. The minimum absolute atomic E-state index is 0.0594. The van der Waals surface area contributed by atoms with Crippen molar-refractivity contribution in [2.24, 2.45) is 5.92 Å². The molecule has 0 fully saturated rings. The Morgan fingerprint density at radius 2 is 1.78 bits per heavy atom. The number of ether oxygens (including phenoxy) is 1. The van der Waals surface area contributed by atoms with Crippen molar-refractivity contribution < 1.29 is 14.3 Å². The lowest BCUT2D eigenvalue weighted by molar-refractivity contribution is -0.141. The number of esters is 1. The van der Waals surface area contributed by atoms with Crippen LogP contribution in [-0.4, -0.2) is 28.5 Å². The molecule has 36 heavy (non-hydrogen) atoms. The summed E-state index contributed by atoms with van der Waals surface area (Å²) in [4.78, 5) is 43.1. The first kappa shape index (κ1) is 26.9. The molecule has 0 aliphatic carbocycles. The van der Waals surface area contributed by atoms with Gasteiger partial charge in [0.25, 0.3) is 5.56 Å². The Kier molecular flexibility index (Phi) is 8.80. The number of methoxy groups -OCH3 is 1. The molecule has 7 nitrogen and oxygen atoms in total. The third-order valence-corrected chi connectivity index (χ3v) is 6.70. The molecular weight excluding hydrogens is 454 g/mol. The van der Waals surface area contributed by atoms with Crippen LogP contribution in [0.5, 0.6) is 0 Å². The number of aromatic nitrogens is 2. The standard InChI is InChI=1S/C29H35N3O4/c1-7-19(3)28(32-12-11-18(2)13-25(32)33)29(35)31-24(15-26(34)36-6)22-14-23(17-30-16-22)27-20(4)9-8-10-21(27)5/h8-14,16-17,19,24,28H,7,15H2,1-6H3,(H,31,35)/t19-,24+,28?/m1/s1. The van der Waals surface area contributed by atoms with Gasteiger partial charge in [-0.25, -0.2) is 0 Å². The first-order valence-electron chi connectivity index (χ1n) is 12.2. The number of nitrogens with zero attached hydrogens (tertiary/aromatic N) is 2. The van der Waals surface area contributed by atoms with Gasteiger partial charge in [-0.2, -0.15) is 0 Å². The first-order chi connectivity index (χ1) is 17.2. The van der Waals surface area contributed by atoms with Crippen molar-refractivity contribution in [2.75, 3.05) is 7.11 Å². The largest absolute Gasteiger partial charge is 0.469 e. The number of carbonyl (C=O) groups is 2. The van der Waals surface area contributed by atoms with Gasteiger partial charge < -0.3 is 14.6 Å². The highest BCUT2D eigenvalue weighted by atomic mass is 16.5. The topological polar surface area (TPSA) is 90.3 Å². The van der Waals surface area contributed by atoms with Crippen LogP contribution in [0.15, 0.2) is 59.8 Å². The van der Waals surface area contributed by atoms with E-state index in [-0.39, 0.29) is 23.8 Å². The Balaban J connectivity index is 2.02. The highest BCUT2D eigenvalue weighted by molar-refractivity contribution is 5.82. The monoisotopic (exact) mass is 489 g/mol. The fourth-order valence-corrected chi connectivity index (χ4v) is 4.51. The van der Waals surface area contributed by atoms with Gasteiger partial charge in [-0.1, -0.05) is 38.5 Å². The predicted molar refractivity (Wildman–Crippen MR) is 141 cm³/mol. The first-order valence-corrected chi connectivity index (χ1v) is 12.2. The summed E-state index contributed by atoms with van der Waals surface area (Å²) in [5, 5.41) is 3.02. The van der Waals surface area contributed by atoms with Crippen molar-refractivity contribution in [3.8, 4) is 11.1 Å². The molecule has 0 aliphatic heterocycles. The van der Waals surface area contributed by atoms with Crippen LogP contribution < -0.4 is 10.9 Å². The van der Waals surface area contributed by atoms with Crippen LogP contribution >= 0.6 is 0 Å². The van der Waals surface area contributed by atoms with Crippen LogP contribution in [0.3, 0.4) is 0 Å². The maximum atomic E-state index is 13.7. The molecule has 0 saturated carbocycles. The highest BCUT2D eigenvalue weighted by Crippen LogP contribution is 2.30. The lowest BCUT2D eigenvalue weighted by Crippen LogP contribution is -2.42. The van der Waals surface area contributed by atoms with Crippen LogP contribution in [0.2, 0.25) is 0 Å². The van der Waals surface area contributed by atoms with E-state index in [1.165, 1.54) is 17.7 Å². The van der Waals surface area contributed by atoms with E-state index in [1.807, 2.05) is 65.0 Å². The van der Waals surface area contributed by atoms with Gasteiger partial charge in [0.2, 0.25) is 5.91 Å². The summed E-state index contributed by atoms with van der Waals surface area (Å²) in [5.74, 6) is -0.893. The molecule has 0 radical (unpaired) electrons. The zero-order valence-electron chi connectivity index (χ0n) is 21.9. The molecule has 3 aromatic rings. The quantitative estimate of drug-likeness (QED) is 0.434. The highest BCUT2D eigenvalue weighted by Gasteiger charge is 2.30. The van der Waals surface area contributed by atoms with E-state index in [1.54, 1.807) is 18.6 Å². The molecule has 3 atom stereocenters. The Bertz CT molecular complexity index is 1280. The molecular formula is C29H35N3O4. The summed E-state index contributed by atoms with van der Waals surface area (Å²) >= 11 is 0. The predicted octanol–water partition coefficient (Wildman–Crippen LogP) is 4.84. The van der Waals surface area contributed by atoms with Gasteiger partial charge in [-0.3, -0.25) is 19.4 Å². The number of carbonyl (C=O) groups excluding carboxylic acids is 2. The van der Waals surface area contributed by atoms with E-state index >= 15 is 0 Å².